The summed E-state index contributed by atoms with van der Waals surface area (Å²) in [4.78, 5) is 46.1. The molecule has 0 aromatic carbocycles. The highest BCUT2D eigenvalue weighted by Gasteiger charge is 2.50. The largest absolute Gasteiger partial charge is 0.457 e. The lowest BCUT2D eigenvalue weighted by Crippen LogP contribution is -2.37. The zero-order chi connectivity index (χ0) is 33.5. The van der Waals surface area contributed by atoms with Gasteiger partial charge in [-0.15, -0.1) is 0 Å². The van der Waals surface area contributed by atoms with Crippen molar-refractivity contribution in [3.63, 3.8) is 0 Å². The van der Waals surface area contributed by atoms with E-state index in [-0.39, 0.29) is 63.1 Å². The predicted molar refractivity (Wildman–Crippen MR) is 164 cm³/mol. The first kappa shape index (κ1) is 33.3. The molecular weight excluding hydrogens is 668 g/mol. The Morgan fingerprint density at radius 1 is 1.04 bits per heavy atom. The monoisotopic (exact) mass is 696 g/mol. The van der Waals surface area contributed by atoms with Crippen molar-refractivity contribution >= 4 is 71.5 Å². The number of carbonyl (C=O) groups is 1. The Morgan fingerprint density at radius 3 is 2.51 bits per heavy atom. The third kappa shape index (κ3) is 6.49. The summed E-state index contributed by atoms with van der Waals surface area (Å²) in [6.45, 7) is -0.579. The maximum Gasteiger partial charge on any atom is 0.325 e. The van der Waals surface area contributed by atoms with Crippen LogP contribution in [0.3, 0.4) is 0 Å². The third-order valence-electron chi connectivity index (χ3n) is 7.42. The van der Waals surface area contributed by atoms with Crippen LogP contribution in [0.1, 0.15) is 12.5 Å². The van der Waals surface area contributed by atoms with Crippen molar-refractivity contribution in [3.05, 3.63) is 29.3 Å². The molecule has 2 aliphatic rings. The number of nitrogen functional groups attached to an aromatic ring is 2. The molecule has 6 heterocycles. The number of H-pyrrole nitrogens is 1. The SMILES string of the molecule is BP(=O)(OCC1OC(n2cnc3c(=O)[nH]c(N)nc32)C(OC=O)C1O)OC1C(COPBO)OC(n2cnc3c(N)ncnc32)C1O. The Morgan fingerprint density at radius 2 is 1.77 bits per heavy atom. The minimum Gasteiger partial charge on any atom is -0.457 e. The van der Waals surface area contributed by atoms with Crippen LogP contribution in [0.5, 0.6) is 0 Å². The molecular formula is C21H28B2N10O12P2. The van der Waals surface area contributed by atoms with Crippen molar-refractivity contribution in [2.75, 3.05) is 24.7 Å². The third-order valence-corrected chi connectivity index (χ3v) is 9.17. The van der Waals surface area contributed by atoms with Gasteiger partial charge in [0.05, 0.1) is 25.9 Å². The van der Waals surface area contributed by atoms with E-state index in [1.807, 2.05) is 0 Å². The van der Waals surface area contributed by atoms with E-state index < -0.39 is 68.7 Å². The number of aliphatic hydroxyl groups is 2. The van der Waals surface area contributed by atoms with Gasteiger partial charge in [0.15, 0.2) is 41.2 Å². The number of hydrogen-bond donors (Lipinski definition) is 6. The standard InChI is InChI=1S/C21H28B2N10O12P2/c22-47(39,42-2-7-11(35)14(40-6-34)20(43-7)33-5-29-10-17(33)30-21(25)31-18(10)37)45-13-8(1-41-46-23-38)44-19(12(13)36)32-4-28-9-15(24)26-3-27-16(9)32/h3-8,11-14,19-20,23,35-36,38,46H,1-2,22H2,(H2,24,26,27)(H3,25,30,31,37). The molecule has 0 saturated carbocycles. The summed E-state index contributed by atoms with van der Waals surface area (Å²) in [7, 11) is -3.48. The molecule has 2 fully saturated rings. The summed E-state index contributed by atoms with van der Waals surface area (Å²) in [6.07, 6.45) is -6.39. The molecule has 0 bridgehead atoms. The minimum absolute atomic E-state index is 0.00585. The van der Waals surface area contributed by atoms with Crippen molar-refractivity contribution in [1.29, 1.82) is 0 Å². The maximum absolute atomic E-state index is 13.6. The molecule has 4 aromatic heterocycles. The first-order valence-electron chi connectivity index (χ1n) is 13.8. The van der Waals surface area contributed by atoms with Gasteiger partial charge in [0.1, 0.15) is 42.4 Å². The smallest absolute Gasteiger partial charge is 0.325 e. The molecule has 0 radical (unpaired) electrons. The second-order valence-electron chi connectivity index (χ2n) is 10.4. The lowest BCUT2D eigenvalue weighted by molar-refractivity contribution is -0.142. The van der Waals surface area contributed by atoms with Gasteiger partial charge in [-0.1, -0.05) is 0 Å². The van der Waals surface area contributed by atoms with Crippen molar-refractivity contribution < 1.29 is 52.4 Å². The highest BCUT2D eigenvalue weighted by atomic mass is 31.2. The van der Waals surface area contributed by atoms with Crippen LogP contribution in [0, 0.1) is 0 Å². The van der Waals surface area contributed by atoms with E-state index in [0.717, 1.165) is 7.57 Å². The molecule has 0 aliphatic carbocycles. The van der Waals surface area contributed by atoms with E-state index in [1.54, 1.807) is 0 Å². The number of aliphatic hydroxyl groups excluding tert-OH is 2. The van der Waals surface area contributed by atoms with Crippen molar-refractivity contribution in [1.82, 2.24) is 39.0 Å². The van der Waals surface area contributed by atoms with Crippen LogP contribution >= 0.6 is 16.2 Å². The molecule has 47 heavy (non-hydrogen) atoms. The molecule has 6 rings (SSSR count). The van der Waals surface area contributed by atoms with Crippen LogP contribution < -0.4 is 17.0 Å². The Hall–Kier alpha value is -3.56. The van der Waals surface area contributed by atoms with Gasteiger partial charge in [-0.05, 0) is 0 Å². The zero-order valence-corrected chi connectivity index (χ0v) is 26.2. The molecule has 4 aromatic rings. The van der Waals surface area contributed by atoms with Gasteiger partial charge in [-0.2, -0.15) is 4.98 Å². The van der Waals surface area contributed by atoms with Gasteiger partial charge in [-0.25, -0.2) is 19.9 Å². The summed E-state index contributed by atoms with van der Waals surface area (Å²) < 4.78 is 50.1. The molecule has 250 valence electrons. The number of ether oxygens (including phenoxy) is 3. The number of nitrogens with two attached hydrogens (primary N) is 2. The van der Waals surface area contributed by atoms with Crippen LogP contribution in [0.15, 0.2) is 23.8 Å². The Bertz CT molecular complexity index is 1870. The van der Waals surface area contributed by atoms with E-state index in [1.165, 1.54) is 28.1 Å². The molecule has 2 aliphatic heterocycles. The Kier molecular flexibility index (Phi) is 9.59. The predicted octanol–water partition coefficient (Wildman–Crippen LogP) is -3.81. The molecule has 10 atom stereocenters. The summed E-state index contributed by atoms with van der Waals surface area (Å²) >= 11 is 0. The molecule has 8 N–H and O–H groups in total. The van der Waals surface area contributed by atoms with Gasteiger partial charge >= 0.3 is 7.20 Å². The fraction of sp³-hybridized carbons (Fsp3) is 0.476. The number of nitrogens with one attached hydrogen (secondary N) is 1. The lowest BCUT2D eigenvalue weighted by atomic mass is 10.1. The highest BCUT2D eigenvalue weighted by molar-refractivity contribution is 7.79. The van der Waals surface area contributed by atoms with Gasteiger partial charge in [0, 0.05) is 8.69 Å². The number of anilines is 2. The van der Waals surface area contributed by atoms with Crippen LogP contribution in [0.4, 0.5) is 11.8 Å². The van der Waals surface area contributed by atoms with Crippen molar-refractivity contribution in [2.24, 2.45) is 0 Å². The number of hydrogen-bond acceptors (Lipinski definition) is 19. The second kappa shape index (κ2) is 13.5. The number of nitrogens with zero attached hydrogens (tertiary/aromatic N) is 7. The topological polar surface area (TPSA) is 309 Å². The number of rotatable bonds is 13. The summed E-state index contributed by atoms with van der Waals surface area (Å²) in [5.41, 5.74) is 11.4. The fourth-order valence-electron chi connectivity index (χ4n) is 5.34. The van der Waals surface area contributed by atoms with Gasteiger partial charge in [0.2, 0.25) is 5.95 Å². The van der Waals surface area contributed by atoms with Crippen LogP contribution in [0.25, 0.3) is 22.3 Å². The van der Waals surface area contributed by atoms with Crippen LogP contribution in [-0.4, -0.2) is 125 Å². The van der Waals surface area contributed by atoms with Crippen molar-refractivity contribution in [3.8, 4) is 0 Å². The normalized spacial score (nSPS) is 29.2. The van der Waals surface area contributed by atoms with Gasteiger partial charge in [-0.3, -0.25) is 28.3 Å². The van der Waals surface area contributed by atoms with Gasteiger partial charge in [0.25, 0.3) is 27.1 Å². The Labute approximate surface area is 266 Å². The fourth-order valence-corrected chi connectivity index (χ4v) is 6.89. The molecule has 0 spiro atoms. The quantitative estimate of drug-likeness (QED) is 0.0338. The average Bonchev–Trinajstić information content (AvgIpc) is 3.79. The molecule has 26 heteroatoms. The molecule has 10 unspecified atom stereocenters. The number of aromatic nitrogens is 8. The van der Waals surface area contributed by atoms with Crippen LogP contribution in [-0.2, 0) is 37.1 Å². The number of imidazole rings is 2. The second-order valence-corrected chi connectivity index (χ2v) is 13.3. The van der Waals surface area contributed by atoms with E-state index in [4.69, 9.17) is 44.3 Å². The lowest BCUT2D eigenvalue weighted by Gasteiger charge is -2.26. The molecule has 0 amide bonds. The summed E-state index contributed by atoms with van der Waals surface area (Å²) in [5, 5.41) is 31.4. The molecule has 2 saturated heterocycles. The van der Waals surface area contributed by atoms with Crippen LogP contribution in [0.2, 0.25) is 0 Å². The van der Waals surface area contributed by atoms with Gasteiger partial charge < -0.3 is 54.5 Å². The zero-order valence-electron chi connectivity index (χ0n) is 24.3. The summed E-state index contributed by atoms with van der Waals surface area (Å²) in [6, 6.07) is 0. The van der Waals surface area contributed by atoms with E-state index >= 15 is 0 Å². The molecule has 22 nitrogen and oxygen atoms in total. The average molecular weight is 696 g/mol. The minimum atomic E-state index is -4.07. The number of aromatic amines is 1. The number of carbonyl (C=O) groups excluding carboxylic acids is 1. The van der Waals surface area contributed by atoms with E-state index in [9.17, 15) is 24.4 Å². The van der Waals surface area contributed by atoms with Crippen molar-refractivity contribution in [2.45, 2.75) is 49.1 Å². The summed E-state index contributed by atoms with van der Waals surface area (Å²) in [5.74, 6) is -0.0989. The first-order valence-corrected chi connectivity index (χ1v) is 16.9. The Balaban J connectivity index is 1.18. The first-order chi connectivity index (χ1) is 22.5. The number of fused-ring (bicyclic) bond motifs is 2. The maximum atomic E-state index is 13.6. The van der Waals surface area contributed by atoms with E-state index in [0.29, 0.717) is 0 Å². The highest BCUT2D eigenvalue weighted by Crippen LogP contribution is 2.49. The van der Waals surface area contributed by atoms with E-state index in [2.05, 4.69) is 29.9 Å².